The molecule has 196 valence electrons. The average molecular weight is 520 g/mol. The van der Waals surface area contributed by atoms with E-state index in [4.69, 9.17) is 9.84 Å². The number of carboxylic acid groups (broad SMARTS) is 1. The van der Waals surface area contributed by atoms with Crippen LogP contribution in [0.1, 0.15) is 40.1 Å². The molecule has 36 heavy (non-hydrogen) atoms. The number of nitrogens with zero attached hydrogens (tertiary/aromatic N) is 2. The van der Waals surface area contributed by atoms with Crippen LogP contribution < -0.4 is 9.46 Å². The first-order valence-corrected chi connectivity index (χ1v) is 13.5. The zero-order valence-corrected chi connectivity index (χ0v) is 21.7. The SMILES string of the molecule is C[C@@H]1CN([C@@H](C)CO)C(=O)c2cc(NS(C)(=O)=O)ccc2O[C@H]1CN(C)Cc1ccc(C(=O)O)cc1. The number of carbonyl (C=O) groups is 2. The predicted molar refractivity (Wildman–Crippen MR) is 136 cm³/mol. The summed E-state index contributed by atoms with van der Waals surface area (Å²) in [7, 11) is -1.61. The van der Waals surface area contributed by atoms with Crippen molar-refractivity contribution in [2.75, 3.05) is 37.7 Å². The highest BCUT2D eigenvalue weighted by molar-refractivity contribution is 7.92. The molecule has 1 amide bonds. The first-order valence-electron chi connectivity index (χ1n) is 11.6. The van der Waals surface area contributed by atoms with E-state index in [0.717, 1.165) is 11.8 Å². The monoisotopic (exact) mass is 519 g/mol. The van der Waals surface area contributed by atoms with Crippen molar-refractivity contribution in [3.63, 3.8) is 0 Å². The number of likely N-dealkylation sites (N-methyl/N-ethyl adjacent to an activating group) is 1. The predicted octanol–water partition coefficient (Wildman–Crippen LogP) is 2.11. The number of ether oxygens (including phenoxy) is 1. The first-order chi connectivity index (χ1) is 16.9. The third-order valence-corrected chi connectivity index (χ3v) is 6.72. The number of amides is 1. The van der Waals surface area contributed by atoms with E-state index in [2.05, 4.69) is 9.62 Å². The molecule has 0 saturated heterocycles. The maximum absolute atomic E-state index is 13.4. The van der Waals surface area contributed by atoms with Crippen LogP contribution in [0.2, 0.25) is 0 Å². The van der Waals surface area contributed by atoms with Gasteiger partial charge in [0.2, 0.25) is 10.0 Å². The van der Waals surface area contributed by atoms with Crippen LogP contribution in [0.3, 0.4) is 0 Å². The van der Waals surface area contributed by atoms with Crippen molar-refractivity contribution in [1.82, 2.24) is 9.80 Å². The second-order valence-electron chi connectivity index (χ2n) is 9.41. The normalized spacial score (nSPS) is 19.2. The van der Waals surface area contributed by atoms with Crippen molar-refractivity contribution in [2.24, 2.45) is 5.92 Å². The van der Waals surface area contributed by atoms with Gasteiger partial charge in [-0.15, -0.1) is 0 Å². The van der Waals surface area contributed by atoms with Gasteiger partial charge in [0.1, 0.15) is 11.9 Å². The Labute approximate surface area is 211 Å². The molecule has 3 N–H and O–H groups in total. The molecule has 1 heterocycles. The summed E-state index contributed by atoms with van der Waals surface area (Å²) in [6, 6.07) is 10.8. The van der Waals surface area contributed by atoms with E-state index in [1.807, 2.05) is 14.0 Å². The van der Waals surface area contributed by atoms with Gasteiger partial charge >= 0.3 is 5.97 Å². The average Bonchev–Trinajstić information content (AvgIpc) is 2.80. The second kappa shape index (κ2) is 11.3. The van der Waals surface area contributed by atoms with Crippen molar-refractivity contribution in [2.45, 2.75) is 32.5 Å². The van der Waals surface area contributed by atoms with Gasteiger partial charge in [-0.05, 0) is 49.9 Å². The van der Waals surface area contributed by atoms with E-state index in [1.165, 1.54) is 6.07 Å². The number of carbonyl (C=O) groups excluding carboxylic acids is 1. The third kappa shape index (κ3) is 6.96. The molecule has 3 rings (SSSR count). The van der Waals surface area contributed by atoms with Gasteiger partial charge in [0.15, 0.2) is 0 Å². The molecule has 2 aromatic rings. The van der Waals surface area contributed by atoms with E-state index in [-0.39, 0.29) is 41.4 Å². The molecular formula is C25H33N3O7S. The number of fused-ring (bicyclic) bond motifs is 1. The van der Waals surface area contributed by atoms with Crippen LogP contribution in [0.15, 0.2) is 42.5 Å². The Balaban J connectivity index is 1.87. The lowest BCUT2D eigenvalue weighted by atomic mass is 9.99. The molecule has 1 aliphatic heterocycles. The Morgan fingerprint density at radius 2 is 1.92 bits per heavy atom. The lowest BCUT2D eigenvalue weighted by molar-refractivity contribution is 0.0341. The summed E-state index contributed by atoms with van der Waals surface area (Å²) in [6.07, 6.45) is 0.715. The number of nitrogens with one attached hydrogen (secondary N) is 1. The number of carboxylic acids is 1. The van der Waals surface area contributed by atoms with E-state index in [0.29, 0.717) is 25.4 Å². The van der Waals surface area contributed by atoms with Crippen molar-refractivity contribution >= 4 is 27.6 Å². The minimum atomic E-state index is -3.54. The summed E-state index contributed by atoms with van der Waals surface area (Å²) in [5.41, 5.74) is 1.63. The van der Waals surface area contributed by atoms with Gasteiger partial charge < -0.3 is 19.8 Å². The quantitative estimate of drug-likeness (QED) is 0.458. The highest BCUT2D eigenvalue weighted by Gasteiger charge is 2.33. The van der Waals surface area contributed by atoms with Gasteiger partial charge in [-0.1, -0.05) is 19.1 Å². The number of anilines is 1. The molecule has 0 radical (unpaired) electrons. The summed E-state index contributed by atoms with van der Waals surface area (Å²) in [6.45, 7) is 4.94. The van der Waals surface area contributed by atoms with Gasteiger partial charge in [-0.2, -0.15) is 0 Å². The van der Waals surface area contributed by atoms with E-state index in [1.54, 1.807) is 48.2 Å². The van der Waals surface area contributed by atoms with Gasteiger partial charge in [0.05, 0.1) is 30.0 Å². The molecule has 0 spiro atoms. The van der Waals surface area contributed by atoms with E-state index >= 15 is 0 Å². The minimum Gasteiger partial charge on any atom is -0.488 e. The van der Waals surface area contributed by atoms with E-state index in [9.17, 15) is 23.1 Å². The number of aliphatic hydroxyl groups excluding tert-OH is 1. The summed E-state index contributed by atoms with van der Waals surface area (Å²) in [5.74, 6) is -1.07. The van der Waals surface area contributed by atoms with Crippen LogP contribution in [-0.2, 0) is 16.6 Å². The number of sulfonamides is 1. The molecule has 0 unspecified atom stereocenters. The number of hydrogen-bond donors (Lipinski definition) is 3. The zero-order chi connectivity index (χ0) is 26.6. The highest BCUT2D eigenvalue weighted by atomic mass is 32.2. The fraction of sp³-hybridized carbons (Fsp3) is 0.440. The van der Waals surface area contributed by atoms with Crippen LogP contribution in [0, 0.1) is 5.92 Å². The van der Waals surface area contributed by atoms with Gasteiger partial charge in [-0.25, -0.2) is 13.2 Å². The van der Waals surface area contributed by atoms with Gasteiger partial charge in [-0.3, -0.25) is 14.4 Å². The number of aliphatic hydroxyl groups is 1. The molecular weight excluding hydrogens is 486 g/mol. The number of hydrogen-bond acceptors (Lipinski definition) is 7. The molecule has 10 nitrogen and oxygen atoms in total. The Morgan fingerprint density at radius 3 is 2.50 bits per heavy atom. The van der Waals surface area contributed by atoms with Crippen molar-refractivity contribution in [1.29, 1.82) is 0 Å². The standard InChI is InChI=1S/C25H33N3O7S/c1-16-12-28(17(2)15-29)24(30)21-11-20(26-36(4,33)34)9-10-22(21)35-23(16)14-27(3)13-18-5-7-19(8-6-18)25(31)32/h5-11,16-17,23,26,29H,12-15H2,1-4H3,(H,31,32)/t16-,17+,23+/m1/s1. The van der Waals surface area contributed by atoms with Crippen LogP contribution in [0.25, 0.3) is 0 Å². The molecule has 0 bridgehead atoms. The molecule has 0 saturated carbocycles. The second-order valence-corrected chi connectivity index (χ2v) is 11.2. The molecule has 2 aromatic carbocycles. The topological polar surface area (TPSA) is 136 Å². The molecule has 0 aromatic heterocycles. The Bertz CT molecular complexity index is 1200. The van der Waals surface area contributed by atoms with Gasteiger partial charge in [0.25, 0.3) is 5.91 Å². The van der Waals surface area contributed by atoms with Crippen LogP contribution in [-0.4, -0.2) is 85.5 Å². The largest absolute Gasteiger partial charge is 0.488 e. The maximum Gasteiger partial charge on any atom is 0.335 e. The number of aromatic carboxylic acids is 1. The van der Waals surface area contributed by atoms with Crippen molar-refractivity contribution in [3.05, 3.63) is 59.2 Å². The third-order valence-electron chi connectivity index (χ3n) is 6.11. The van der Waals surface area contributed by atoms with Crippen LogP contribution in [0.5, 0.6) is 5.75 Å². The summed E-state index contributed by atoms with van der Waals surface area (Å²) < 4.78 is 32.1. The molecule has 11 heteroatoms. The number of benzene rings is 2. The Kier molecular flexibility index (Phi) is 8.59. The first kappa shape index (κ1) is 27.4. The van der Waals surface area contributed by atoms with Gasteiger partial charge in [0, 0.05) is 31.2 Å². The van der Waals surface area contributed by atoms with E-state index < -0.39 is 22.0 Å². The highest BCUT2D eigenvalue weighted by Crippen LogP contribution is 2.31. The number of rotatable bonds is 9. The van der Waals surface area contributed by atoms with Crippen molar-refractivity contribution < 1.29 is 33.0 Å². The summed E-state index contributed by atoms with van der Waals surface area (Å²) in [4.78, 5) is 28.1. The maximum atomic E-state index is 13.4. The lowest BCUT2D eigenvalue weighted by Gasteiger charge is -2.38. The molecule has 0 aliphatic carbocycles. The van der Waals surface area contributed by atoms with Crippen LogP contribution >= 0.6 is 0 Å². The fourth-order valence-corrected chi connectivity index (χ4v) is 4.71. The fourth-order valence-electron chi connectivity index (χ4n) is 4.15. The lowest BCUT2D eigenvalue weighted by Crippen LogP contribution is -2.49. The Morgan fingerprint density at radius 1 is 1.25 bits per heavy atom. The van der Waals surface area contributed by atoms with Crippen LogP contribution in [0.4, 0.5) is 5.69 Å². The van der Waals surface area contributed by atoms with Crippen molar-refractivity contribution in [3.8, 4) is 5.75 Å². The smallest absolute Gasteiger partial charge is 0.335 e. The minimum absolute atomic E-state index is 0.0817. The summed E-state index contributed by atoms with van der Waals surface area (Å²) in [5, 5.41) is 18.9. The summed E-state index contributed by atoms with van der Waals surface area (Å²) >= 11 is 0. The molecule has 1 aliphatic rings. The molecule has 3 atom stereocenters. The zero-order valence-electron chi connectivity index (χ0n) is 20.8. The Hall–Kier alpha value is -3.15. The molecule has 0 fully saturated rings.